The van der Waals surface area contributed by atoms with Gasteiger partial charge in [-0.3, -0.25) is 4.79 Å². The first-order valence-corrected chi connectivity index (χ1v) is 9.31. The van der Waals surface area contributed by atoms with E-state index >= 15 is 0 Å². The molecule has 1 fully saturated rings. The second kappa shape index (κ2) is 7.20. The van der Waals surface area contributed by atoms with Crippen LogP contribution in [0.15, 0.2) is 53.3 Å². The highest BCUT2D eigenvalue weighted by Crippen LogP contribution is 2.33. The van der Waals surface area contributed by atoms with E-state index in [1.807, 2.05) is 55.5 Å². The maximum absolute atomic E-state index is 12.5. The van der Waals surface area contributed by atoms with Gasteiger partial charge in [0.05, 0.1) is 17.3 Å². The van der Waals surface area contributed by atoms with E-state index in [1.54, 1.807) is 0 Å². The van der Waals surface area contributed by atoms with Crippen LogP contribution in [0.2, 0.25) is 0 Å². The summed E-state index contributed by atoms with van der Waals surface area (Å²) in [5, 5.41) is 9.61. The summed E-state index contributed by atoms with van der Waals surface area (Å²) in [6.45, 7) is 1.82. The van der Waals surface area contributed by atoms with Crippen molar-refractivity contribution in [2.24, 2.45) is 5.92 Å². The largest absolute Gasteiger partial charge is 0.311 e. The molecule has 4 rings (SSSR count). The van der Waals surface area contributed by atoms with Crippen LogP contribution in [-0.4, -0.2) is 9.97 Å². The van der Waals surface area contributed by atoms with Crippen LogP contribution in [0.3, 0.4) is 0 Å². The van der Waals surface area contributed by atoms with Crippen LogP contribution in [0, 0.1) is 24.2 Å². The highest BCUT2D eigenvalue weighted by Gasteiger charge is 2.24. The molecular weight excluding hydrogens is 334 g/mol. The molecule has 1 heterocycles. The number of hydrogen-bond donors (Lipinski definition) is 1. The van der Waals surface area contributed by atoms with E-state index in [-0.39, 0.29) is 5.56 Å². The Morgan fingerprint density at radius 1 is 1.19 bits per heavy atom. The summed E-state index contributed by atoms with van der Waals surface area (Å²) in [4.78, 5) is 20.0. The minimum atomic E-state index is -0.0659. The number of nitrogens with one attached hydrogen (secondary N) is 1. The van der Waals surface area contributed by atoms with Gasteiger partial charge >= 0.3 is 0 Å². The van der Waals surface area contributed by atoms with Crippen molar-refractivity contribution in [2.45, 2.75) is 32.6 Å². The Kier molecular flexibility index (Phi) is 4.60. The molecule has 0 atom stereocenters. The van der Waals surface area contributed by atoms with Crippen molar-refractivity contribution in [1.82, 2.24) is 9.97 Å². The van der Waals surface area contributed by atoms with Crippen LogP contribution in [0.1, 0.15) is 41.1 Å². The quantitative estimate of drug-likeness (QED) is 0.747. The summed E-state index contributed by atoms with van der Waals surface area (Å²) < 4.78 is 0. The molecule has 0 radical (unpaired) electrons. The van der Waals surface area contributed by atoms with Gasteiger partial charge in [0.15, 0.2) is 0 Å². The second-order valence-corrected chi connectivity index (χ2v) is 7.26. The van der Waals surface area contributed by atoms with E-state index in [9.17, 15) is 10.1 Å². The lowest BCUT2D eigenvalue weighted by molar-refractivity contribution is 0.767. The highest BCUT2D eigenvalue weighted by atomic mass is 16.1. The number of H-pyrrole nitrogens is 1. The third kappa shape index (κ3) is 3.83. The molecular formula is C23H21N3O. The van der Waals surface area contributed by atoms with Crippen LogP contribution in [0.25, 0.3) is 11.1 Å². The molecule has 0 saturated heterocycles. The summed E-state index contributed by atoms with van der Waals surface area (Å²) in [6.07, 6.45) is 3.80. The summed E-state index contributed by atoms with van der Waals surface area (Å²) in [5.41, 5.74) is 5.08. The summed E-state index contributed by atoms with van der Waals surface area (Å²) in [6, 6.07) is 18.1. The molecule has 3 aromatic rings. The van der Waals surface area contributed by atoms with E-state index < -0.39 is 0 Å². The molecule has 4 nitrogen and oxygen atoms in total. The molecule has 1 aliphatic rings. The number of rotatable bonds is 5. The number of aromatic amines is 1. The maximum Gasteiger partial charge on any atom is 0.254 e. The third-order valence-electron chi connectivity index (χ3n) is 5.07. The van der Waals surface area contributed by atoms with Crippen molar-refractivity contribution in [1.29, 1.82) is 5.26 Å². The van der Waals surface area contributed by atoms with Crippen molar-refractivity contribution in [3.8, 4) is 17.2 Å². The fourth-order valence-electron chi connectivity index (χ4n) is 3.48. The highest BCUT2D eigenvalue weighted by molar-refractivity contribution is 5.71. The lowest BCUT2D eigenvalue weighted by atomic mass is 9.95. The molecule has 1 aromatic heterocycles. The van der Waals surface area contributed by atoms with Gasteiger partial charge in [0.2, 0.25) is 0 Å². The van der Waals surface area contributed by atoms with Crippen molar-refractivity contribution < 1.29 is 0 Å². The van der Waals surface area contributed by atoms with Gasteiger partial charge in [-0.25, -0.2) is 4.98 Å². The van der Waals surface area contributed by atoms with Crippen molar-refractivity contribution in [3.05, 3.63) is 87.1 Å². The van der Waals surface area contributed by atoms with Gasteiger partial charge in [0.1, 0.15) is 5.82 Å². The average molecular weight is 355 g/mol. The minimum Gasteiger partial charge on any atom is -0.311 e. The zero-order chi connectivity index (χ0) is 18.8. The van der Waals surface area contributed by atoms with E-state index in [1.165, 1.54) is 12.8 Å². The molecule has 0 aliphatic heterocycles. The first-order valence-electron chi connectivity index (χ1n) is 9.31. The van der Waals surface area contributed by atoms with Gasteiger partial charge in [-0.2, -0.15) is 5.26 Å². The molecule has 0 bridgehead atoms. The predicted molar refractivity (Wildman–Crippen MR) is 105 cm³/mol. The number of hydrogen-bond acceptors (Lipinski definition) is 3. The number of aromatic nitrogens is 2. The summed E-state index contributed by atoms with van der Waals surface area (Å²) in [5.74, 6) is 1.32. The predicted octanol–water partition coefficient (Wildman–Crippen LogP) is 4.16. The van der Waals surface area contributed by atoms with Gasteiger partial charge < -0.3 is 4.98 Å². The first-order chi connectivity index (χ1) is 13.1. The normalized spacial score (nSPS) is 13.3. The van der Waals surface area contributed by atoms with E-state index in [4.69, 9.17) is 0 Å². The fraction of sp³-hybridized carbons (Fsp3) is 0.261. The molecule has 0 amide bonds. The van der Waals surface area contributed by atoms with Gasteiger partial charge in [0.25, 0.3) is 5.56 Å². The Hall–Kier alpha value is -3.19. The Morgan fingerprint density at radius 2 is 1.96 bits per heavy atom. The van der Waals surface area contributed by atoms with Gasteiger partial charge in [-0.1, -0.05) is 42.5 Å². The maximum atomic E-state index is 12.5. The Bertz CT molecular complexity index is 1070. The smallest absolute Gasteiger partial charge is 0.254 e. The van der Waals surface area contributed by atoms with Crippen LogP contribution >= 0.6 is 0 Å². The van der Waals surface area contributed by atoms with Crippen molar-refractivity contribution in [2.75, 3.05) is 0 Å². The molecule has 1 saturated carbocycles. The van der Waals surface area contributed by atoms with Crippen LogP contribution in [0.5, 0.6) is 0 Å². The first kappa shape index (κ1) is 17.2. The lowest BCUT2D eigenvalue weighted by Gasteiger charge is -2.11. The molecule has 0 spiro atoms. The molecule has 1 aliphatic carbocycles. The van der Waals surface area contributed by atoms with Crippen LogP contribution < -0.4 is 5.56 Å². The summed E-state index contributed by atoms with van der Waals surface area (Å²) in [7, 11) is 0. The van der Waals surface area contributed by atoms with Crippen LogP contribution in [-0.2, 0) is 12.8 Å². The Balaban J connectivity index is 1.69. The van der Waals surface area contributed by atoms with Gasteiger partial charge in [-0.05, 0) is 54.9 Å². The Morgan fingerprint density at radius 3 is 2.67 bits per heavy atom. The van der Waals surface area contributed by atoms with Gasteiger partial charge in [-0.15, -0.1) is 0 Å². The molecule has 27 heavy (non-hydrogen) atoms. The minimum absolute atomic E-state index is 0.0659. The van der Waals surface area contributed by atoms with Gasteiger partial charge in [0, 0.05) is 12.0 Å². The molecule has 1 N–H and O–H groups in total. The number of aryl methyl sites for hydroxylation is 1. The van der Waals surface area contributed by atoms with E-state index in [0.717, 1.165) is 34.4 Å². The fourth-order valence-corrected chi connectivity index (χ4v) is 3.48. The average Bonchev–Trinajstić information content (AvgIpc) is 3.49. The monoisotopic (exact) mass is 355 g/mol. The van der Waals surface area contributed by atoms with E-state index in [0.29, 0.717) is 23.7 Å². The van der Waals surface area contributed by atoms with Crippen LogP contribution in [0.4, 0.5) is 0 Å². The molecule has 134 valence electrons. The standard InChI is InChI=1S/C23H21N3O/c1-15-25-22(13-16-7-8-16)21(23(27)26-15)12-17-9-10-20(19(11-17)14-24)18-5-3-2-4-6-18/h2-6,9-11,16H,7-8,12-13H2,1H3,(H,25,26,27). The lowest BCUT2D eigenvalue weighted by Crippen LogP contribution is -2.20. The number of benzene rings is 2. The zero-order valence-electron chi connectivity index (χ0n) is 15.3. The SMILES string of the molecule is Cc1nc(CC2CC2)c(Cc2ccc(-c3ccccc3)c(C#N)c2)c(=O)[nH]1. The summed E-state index contributed by atoms with van der Waals surface area (Å²) >= 11 is 0. The number of nitriles is 1. The Labute approximate surface area is 158 Å². The van der Waals surface area contributed by atoms with Crippen molar-refractivity contribution in [3.63, 3.8) is 0 Å². The molecule has 2 aromatic carbocycles. The number of nitrogens with zero attached hydrogens (tertiary/aromatic N) is 2. The second-order valence-electron chi connectivity index (χ2n) is 7.26. The van der Waals surface area contributed by atoms with Crippen molar-refractivity contribution >= 4 is 0 Å². The van der Waals surface area contributed by atoms with E-state index in [2.05, 4.69) is 16.0 Å². The zero-order valence-corrected chi connectivity index (χ0v) is 15.3. The molecule has 4 heteroatoms. The third-order valence-corrected chi connectivity index (χ3v) is 5.07. The molecule has 0 unspecified atom stereocenters. The topological polar surface area (TPSA) is 69.5 Å².